The lowest BCUT2D eigenvalue weighted by atomic mass is 9.98. The predicted octanol–water partition coefficient (Wildman–Crippen LogP) is 5.68. The van der Waals surface area contributed by atoms with Gasteiger partial charge in [0.25, 0.3) is 0 Å². The highest BCUT2D eigenvalue weighted by molar-refractivity contribution is 7.79. The van der Waals surface area contributed by atoms with Gasteiger partial charge in [-0.25, -0.2) is 0 Å². The maximum atomic E-state index is 2.69. The Labute approximate surface area is 126 Å². The Balaban J connectivity index is 5.10. The van der Waals surface area contributed by atoms with Crippen LogP contribution in [-0.2, 0) is 0 Å². The fourth-order valence-corrected chi connectivity index (χ4v) is 11.7. The predicted molar refractivity (Wildman–Crippen MR) is 101 cm³/mol. The summed E-state index contributed by atoms with van der Waals surface area (Å²) in [5, 5.41) is 0. The van der Waals surface area contributed by atoms with Crippen LogP contribution in [0.5, 0.6) is 0 Å². The van der Waals surface area contributed by atoms with Crippen molar-refractivity contribution in [3.8, 4) is 0 Å². The van der Waals surface area contributed by atoms with E-state index < -0.39 is 0 Å². The summed E-state index contributed by atoms with van der Waals surface area (Å²) in [5.41, 5.74) is 0. The number of hydrogen-bond acceptors (Lipinski definition) is 0. The first-order chi connectivity index (χ1) is 9.10. The van der Waals surface area contributed by atoms with Gasteiger partial charge in [0.2, 0.25) is 0 Å². The van der Waals surface area contributed by atoms with Crippen molar-refractivity contribution in [2.24, 2.45) is 0 Å². The standard InChI is InChI=1S/C16H37BP2/c1-6-11-16(17,18(12-7-2)13-8-3)19(14-9-4)15-10-5/h6-15,17H2,1-5H3. The molecular formula is C16H37BP2. The van der Waals surface area contributed by atoms with Gasteiger partial charge >= 0.3 is 0 Å². The second kappa shape index (κ2) is 11.6. The van der Waals surface area contributed by atoms with E-state index in [1.807, 2.05) is 0 Å². The summed E-state index contributed by atoms with van der Waals surface area (Å²) in [6, 6.07) is 0. The van der Waals surface area contributed by atoms with Crippen LogP contribution in [0, 0.1) is 0 Å². The van der Waals surface area contributed by atoms with Crippen LogP contribution in [-0.4, -0.2) is 37.3 Å². The highest BCUT2D eigenvalue weighted by atomic mass is 31.2. The van der Waals surface area contributed by atoms with Crippen molar-refractivity contribution in [2.75, 3.05) is 24.6 Å². The maximum absolute atomic E-state index is 2.69. The van der Waals surface area contributed by atoms with Crippen LogP contribution in [0.1, 0.15) is 73.1 Å². The molecule has 0 N–H and O–H groups in total. The minimum absolute atomic E-state index is 0.254. The van der Waals surface area contributed by atoms with Crippen molar-refractivity contribution < 1.29 is 0 Å². The summed E-state index contributed by atoms with van der Waals surface area (Å²) in [5.74, 6) is 0. The van der Waals surface area contributed by atoms with Gasteiger partial charge in [0.1, 0.15) is 7.85 Å². The van der Waals surface area contributed by atoms with Gasteiger partial charge in [-0.05, 0) is 35.9 Å². The van der Waals surface area contributed by atoms with E-state index in [2.05, 4.69) is 42.5 Å². The van der Waals surface area contributed by atoms with Gasteiger partial charge in [0.15, 0.2) is 0 Å². The van der Waals surface area contributed by atoms with Crippen LogP contribution in [0.15, 0.2) is 0 Å². The minimum atomic E-state index is 0.254. The molecule has 0 bridgehead atoms. The second-order valence-electron chi connectivity index (χ2n) is 5.94. The van der Waals surface area contributed by atoms with Gasteiger partial charge in [-0.1, -0.05) is 66.7 Å². The van der Waals surface area contributed by atoms with Crippen molar-refractivity contribution in [1.82, 2.24) is 0 Å². The zero-order valence-corrected chi connectivity index (χ0v) is 16.3. The molecule has 0 aliphatic carbocycles. The molecule has 0 radical (unpaired) electrons. The molecule has 0 fully saturated rings. The number of rotatable bonds is 12. The van der Waals surface area contributed by atoms with Crippen molar-refractivity contribution in [2.45, 2.75) is 77.9 Å². The Morgan fingerprint density at radius 3 is 1.16 bits per heavy atom. The Bertz CT molecular complexity index is 181. The summed E-state index contributed by atoms with van der Waals surface area (Å²) >= 11 is 0. The first-order valence-electron chi connectivity index (χ1n) is 8.60. The zero-order chi connectivity index (χ0) is 14.7. The lowest BCUT2D eigenvalue weighted by molar-refractivity contribution is 0.804. The van der Waals surface area contributed by atoms with Gasteiger partial charge in [-0.3, -0.25) is 0 Å². The van der Waals surface area contributed by atoms with Gasteiger partial charge in [0, 0.05) is 0 Å². The lowest BCUT2D eigenvalue weighted by Crippen LogP contribution is -2.29. The van der Waals surface area contributed by atoms with Gasteiger partial charge in [0.05, 0.1) is 0 Å². The van der Waals surface area contributed by atoms with Gasteiger partial charge in [-0.15, -0.1) is 15.8 Å². The average Bonchev–Trinajstić information content (AvgIpc) is 2.38. The molecule has 0 unspecified atom stereocenters. The normalized spacial score (nSPS) is 12.6. The van der Waals surface area contributed by atoms with Crippen molar-refractivity contribution >= 4 is 23.7 Å². The van der Waals surface area contributed by atoms with E-state index in [1.54, 1.807) is 0 Å². The van der Waals surface area contributed by atoms with Crippen LogP contribution in [0.4, 0.5) is 0 Å². The molecule has 0 atom stereocenters. The van der Waals surface area contributed by atoms with E-state index in [1.165, 1.54) is 63.2 Å². The highest BCUT2D eigenvalue weighted by Gasteiger charge is 2.37. The average molecular weight is 302 g/mol. The SMILES string of the molecule is BC(CCC)(P(CCC)CCC)P(CCC)CCC. The fraction of sp³-hybridized carbons (Fsp3) is 1.00. The summed E-state index contributed by atoms with van der Waals surface area (Å²) in [6.07, 6.45) is 14.5. The van der Waals surface area contributed by atoms with E-state index in [0.29, 0.717) is 0 Å². The smallest absolute Gasteiger partial charge is 0.104 e. The molecule has 0 amide bonds. The molecule has 0 nitrogen and oxygen atoms in total. The quantitative estimate of drug-likeness (QED) is 0.321. The summed E-state index contributed by atoms with van der Waals surface area (Å²) in [7, 11) is 3.19. The van der Waals surface area contributed by atoms with Crippen LogP contribution < -0.4 is 0 Å². The second-order valence-corrected chi connectivity index (χ2v) is 12.2. The third-order valence-electron chi connectivity index (χ3n) is 4.06. The topological polar surface area (TPSA) is 0 Å². The van der Waals surface area contributed by atoms with Crippen LogP contribution in [0.25, 0.3) is 0 Å². The molecule has 0 spiro atoms. The zero-order valence-electron chi connectivity index (χ0n) is 14.5. The molecular weight excluding hydrogens is 265 g/mol. The van der Waals surface area contributed by atoms with Gasteiger partial charge < -0.3 is 0 Å². The first kappa shape index (κ1) is 19.9. The van der Waals surface area contributed by atoms with E-state index in [9.17, 15) is 0 Å². The molecule has 0 saturated carbocycles. The molecule has 0 aromatic carbocycles. The Morgan fingerprint density at radius 2 is 0.947 bits per heavy atom. The summed E-state index contributed by atoms with van der Waals surface area (Å²) < 4.78 is 0. The molecule has 0 aliphatic heterocycles. The molecule has 0 saturated heterocycles. The molecule has 114 valence electrons. The van der Waals surface area contributed by atoms with E-state index in [-0.39, 0.29) is 15.8 Å². The third kappa shape index (κ3) is 6.48. The van der Waals surface area contributed by atoms with Crippen molar-refractivity contribution in [1.29, 1.82) is 0 Å². The highest BCUT2D eigenvalue weighted by Crippen LogP contribution is 2.67. The minimum Gasteiger partial charge on any atom is -0.104 e. The Morgan fingerprint density at radius 1 is 0.632 bits per heavy atom. The largest absolute Gasteiger partial charge is 0.120 e. The molecule has 0 aromatic rings. The summed E-state index contributed by atoms with van der Waals surface area (Å²) in [4.78, 5) is 0.720. The van der Waals surface area contributed by atoms with Gasteiger partial charge in [-0.2, -0.15) is 0 Å². The lowest BCUT2D eigenvalue weighted by Gasteiger charge is -2.46. The van der Waals surface area contributed by atoms with Crippen LogP contribution >= 0.6 is 15.8 Å². The van der Waals surface area contributed by atoms with Crippen LogP contribution in [0.2, 0.25) is 0 Å². The molecule has 0 aromatic heterocycles. The Kier molecular flexibility index (Phi) is 12.1. The monoisotopic (exact) mass is 302 g/mol. The van der Waals surface area contributed by atoms with Crippen molar-refractivity contribution in [3.63, 3.8) is 0 Å². The molecule has 19 heavy (non-hydrogen) atoms. The van der Waals surface area contributed by atoms with E-state index in [4.69, 9.17) is 0 Å². The van der Waals surface area contributed by atoms with E-state index in [0.717, 1.165) is 4.80 Å². The molecule has 0 aliphatic rings. The molecule has 3 heteroatoms. The fourth-order valence-electron chi connectivity index (χ4n) is 3.26. The first-order valence-corrected chi connectivity index (χ1v) is 12.0. The molecule has 0 heterocycles. The van der Waals surface area contributed by atoms with Crippen LogP contribution in [0.3, 0.4) is 0 Å². The third-order valence-corrected chi connectivity index (χ3v) is 12.9. The Hall–Kier alpha value is 0.925. The molecule has 0 rings (SSSR count). The summed E-state index contributed by atoms with van der Waals surface area (Å²) in [6.45, 7) is 12.0. The maximum Gasteiger partial charge on any atom is 0.120 e. The van der Waals surface area contributed by atoms with E-state index >= 15 is 0 Å². The number of hydrogen-bond donors (Lipinski definition) is 0. The van der Waals surface area contributed by atoms with Crippen molar-refractivity contribution in [3.05, 3.63) is 0 Å².